The van der Waals surface area contributed by atoms with E-state index < -0.39 is 0 Å². The van der Waals surface area contributed by atoms with Gasteiger partial charge in [-0.05, 0) is 13.8 Å². The third kappa shape index (κ3) is 98.4. The second kappa shape index (κ2) is 11.0. The fraction of sp³-hybridized carbons (Fsp3) is 1.00. The molecule has 0 aliphatic carbocycles. The van der Waals surface area contributed by atoms with Crippen molar-refractivity contribution >= 4 is 21.7 Å². The van der Waals surface area contributed by atoms with Crippen molar-refractivity contribution in [3.63, 3.8) is 0 Å². The van der Waals surface area contributed by atoms with Crippen LogP contribution in [0, 0.1) is 0 Å². The van der Waals surface area contributed by atoms with Crippen LogP contribution in [0.25, 0.3) is 0 Å². The first-order valence-corrected chi connectivity index (χ1v) is 4.55. The number of hydrogen-bond donors (Lipinski definition) is 0. The fourth-order valence-corrected chi connectivity index (χ4v) is 0.204. The molecule has 11 heavy (non-hydrogen) atoms. The van der Waals surface area contributed by atoms with Gasteiger partial charge in [0.05, 0.1) is 0 Å². The molecule has 0 saturated heterocycles. The van der Waals surface area contributed by atoms with Crippen LogP contribution in [0.1, 0.15) is 34.6 Å². The third-order valence-corrected chi connectivity index (χ3v) is 0.408. The third-order valence-electron chi connectivity index (χ3n) is 0.408. The van der Waals surface area contributed by atoms with Crippen LogP contribution in [0.5, 0.6) is 0 Å². The van der Waals surface area contributed by atoms with Crippen LogP contribution < -0.4 is 12.4 Å². The molecule has 0 amide bonds. The first-order chi connectivity index (χ1) is 4.41. The molecular weight excluding hydrogens is 172 g/mol. The maximum atomic E-state index is 4.83. The van der Waals surface area contributed by atoms with Gasteiger partial charge >= 0.3 is 46.0 Å². The Balaban J connectivity index is -0.000000107. The summed E-state index contributed by atoms with van der Waals surface area (Å²) in [5.74, 6) is 0. The smallest absolute Gasteiger partial charge is 1.00 e. The van der Waals surface area contributed by atoms with Gasteiger partial charge in [-0.25, -0.2) is 0 Å². The van der Waals surface area contributed by atoms with Gasteiger partial charge in [-0.3, -0.25) is 0 Å². The van der Waals surface area contributed by atoms with E-state index in [-0.39, 0.29) is 12.4 Å². The van der Waals surface area contributed by atoms with Crippen LogP contribution in [0.15, 0.2) is 0 Å². The van der Waals surface area contributed by atoms with Gasteiger partial charge in [0, 0.05) is 13.2 Å². The molecule has 1 nitrogen and oxygen atoms in total. The molecule has 0 aliphatic rings. The molecule has 0 fully saturated rings. The molecular formula is C8H19ClMgO. The van der Waals surface area contributed by atoms with E-state index in [2.05, 4.69) is 20.8 Å². The minimum Gasteiger partial charge on any atom is -1.00 e. The van der Waals surface area contributed by atoms with E-state index in [0.717, 1.165) is 13.2 Å². The predicted octanol–water partition coefficient (Wildman–Crippen LogP) is -0.580. The quantitative estimate of drug-likeness (QED) is 0.530. The monoisotopic (exact) mass is 190 g/mol. The second-order valence-electron chi connectivity index (χ2n) is 3.34. The fourth-order valence-electron chi connectivity index (χ4n) is 0.204. The Morgan fingerprint density at radius 1 is 1.09 bits per heavy atom. The average Bonchev–Trinajstić information content (AvgIpc) is 1.63. The van der Waals surface area contributed by atoms with Gasteiger partial charge in [0.25, 0.3) is 0 Å². The zero-order valence-electron chi connectivity index (χ0n) is 8.41. The first-order valence-electron chi connectivity index (χ1n) is 3.85. The van der Waals surface area contributed by atoms with Crippen molar-refractivity contribution in [1.29, 1.82) is 0 Å². The summed E-state index contributed by atoms with van der Waals surface area (Å²) in [5, 5.41) is 0. The molecule has 0 spiro atoms. The van der Waals surface area contributed by atoms with Crippen LogP contribution in [0.3, 0.4) is 0 Å². The molecule has 0 bridgehead atoms. The molecule has 0 aromatic heterocycles. The van der Waals surface area contributed by atoms with Crippen LogP contribution >= 0.6 is 0 Å². The first kappa shape index (κ1) is 17.9. The Morgan fingerprint density at radius 2 is 1.27 bits per heavy atom. The van der Waals surface area contributed by atoms with E-state index in [1.54, 1.807) is 0 Å². The zero-order chi connectivity index (χ0) is 8.62. The number of ether oxygens (including phenoxy) is 1. The molecule has 0 unspecified atom stereocenters. The van der Waals surface area contributed by atoms with Gasteiger partial charge in [0.2, 0.25) is 0 Å². The molecule has 0 saturated carbocycles. The summed E-state index contributed by atoms with van der Waals surface area (Å²) in [6.45, 7) is 12.3. The zero-order valence-corrected chi connectivity index (χ0v) is 10.6. The molecule has 0 rings (SSSR count). The van der Waals surface area contributed by atoms with Crippen LogP contribution in [0.2, 0.25) is 3.54 Å². The molecule has 0 N–H and O–H groups in total. The molecule has 0 atom stereocenters. The molecule has 66 valence electrons. The van der Waals surface area contributed by atoms with Crippen molar-refractivity contribution in [2.45, 2.75) is 38.2 Å². The van der Waals surface area contributed by atoms with Crippen molar-refractivity contribution in [2.24, 2.45) is 0 Å². The van der Waals surface area contributed by atoms with Gasteiger partial charge in [-0.1, -0.05) is 0 Å². The van der Waals surface area contributed by atoms with Gasteiger partial charge in [-0.15, -0.1) is 0 Å². The average molecular weight is 191 g/mol. The Bertz CT molecular complexity index is 53.6. The van der Waals surface area contributed by atoms with Crippen LogP contribution in [-0.2, 0) is 4.74 Å². The number of hydrogen-bond acceptors (Lipinski definition) is 1. The topological polar surface area (TPSA) is 9.23 Å². The summed E-state index contributed by atoms with van der Waals surface area (Å²) in [6.07, 6.45) is 0. The van der Waals surface area contributed by atoms with Crippen molar-refractivity contribution in [1.82, 2.24) is 0 Å². The van der Waals surface area contributed by atoms with Gasteiger partial charge in [-0.2, -0.15) is 0 Å². The van der Waals surface area contributed by atoms with E-state index in [9.17, 15) is 0 Å². The number of rotatable bonds is 2. The van der Waals surface area contributed by atoms with Crippen LogP contribution in [-0.4, -0.2) is 34.9 Å². The molecule has 0 radical (unpaired) electrons. The van der Waals surface area contributed by atoms with Gasteiger partial charge < -0.3 is 17.1 Å². The summed E-state index contributed by atoms with van der Waals surface area (Å²) < 4.78 is 5.36. The Hall–Kier alpha value is 1.02. The van der Waals surface area contributed by atoms with Crippen molar-refractivity contribution in [3.05, 3.63) is 0 Å². The number of halogens is 1. The summed E-state index contributed by atoms with van der Waals surface area (Å²) in [5.41, 5.74) is 0. The molecule has 0 aliphatic heterocycles. The molecule has 0 aromatic carbocycles. The van der Waals surface area contributed by atoms with Crippen molar-refractivity contribution < 1.29 is 17.1 Å². The van der Waals surface area contributed by atoms with Gasteiger partial charge in [0.1, 0.15) is 0 Å². The Kier molecular flexibility index (Phi) is 18.0. The van der Waals surface area contributed by atoms with E-state index >= 15 is 0 Å². The summed E-state index contributed by atoms with van der Waals surface area (Å²) in [7, 11) is 0. The summed E-state index contributed by atoms with van der Waals surface area (Å²) >= 11 is 2.01. The van der Waals surface area contributed by atoms with Gasteiger partial charge in [0.15, 0.2) is 0 Å². The predicted molar refractivity (Wildman–Crippen MR) is 47.6 cm³/mol. The Labute approximate surface area is 90.1 Å². The largest absolute Gasteiger partial charge is 1.00 e. The van der Waals surface area contributed by atoms with Crippen molar-refractivity contribution in [3.8, 4) is 0 Å². The standard InChI is InChI=1S/C4H10O.C4H9.ClH.Mg/c1-3-5-4-2;1-4(2)3;;/h3-4H2,1-2H3;1-3H3;1H;/q;;;+1/p-1. The summed E-state index contributed by atoms with van der Waals surface area (Å²) in [4.78, 5) is 0. The van der Waals surface area contributed by atoms with E-state index in [1.165, 1.54) is 0 Å². The molecule has 0 aromatic rings. The van der Waals surface area contributed by atoms with Crippen LogP contribution in [0.4, 0.5) is 0 Å². The maximum Gasteiger partial charge on any atom is -1.00 e. The Morgan fingerprint density at radius 3 is 1.27 bits per heavy atom. The maximum absolute atomic E-state index is 4.83. The molecule has 3 heteroatoms. The van der Waals surface area contributed by atoms with Crippen molar-refractivity contribution in [2.75, 3.05) is 13.2 Å². The van der Waals surface area contributed by atoms with E-state index in [1.807, 2.05) is 35.6 Å². The second-order valence-corrected chi connectivity index (χ2v) is 5.46. The minimum atomic E-state index is 0. The molecule has 0 heterocycles. The van der Waals surface area contributed by atoms with E-state index in [0.29, 0.717) is 3.54 Å². The SMILES string of the molecule is CCOCC.C[C](C)(C)[Mg+].[Cl-]. The minimum absolute atomic E-state index is 0. The van der Waals surface area contributed by atoms with E-state index in [4.69, 9.17) is 4.74 Å². The normalized spacial score (nSPS) is 9.36. The summed E-state index contributed by atoms with van der Waals surface area (Å²) in [6, 6.07) is 0.